The van der Waals surface area contributed by atoms with Gasteiger partial charge in [0.2, 0.25) is 15.9 Å². The van der Waals surface area contributed by atoms with Gasteiger partial charge in [-0.15, -0.1) is 11.3 Å². The van der Waals surface area contributed by atoms with Crippen LogP contribution in [-0.2, 0) is 14.8 Å². The molecule has 1 fully saturated rings. The van der Waals surface area contributed by atoms with Crippen LogP contribution in [0.4, 0.5) is 5.13 Å². The summed E-state index contributed by atoms with van der Waals surface area (Å²) in [4.78, 5) is 20.5. The molecule has 0 saturated carbocycles. The lowest BCUT2D eigenvalue weighted by atomic mass is 10.2. The first kappa shape index (κ1) is 19.5. The Labute approximate surface area is 163 Å². The standard InChI is InChI=1S/C18H22N4O3S2/c23-17(21-10-12-22(13-11-21)18-19-9-14-26-18)6-8-20-27(24,25)15-7-16-4-2-1-3-5-16/h1-5,7,9,14-15,20H,6,8,10-13H2/b15-7+. The number of benzene rings is 1. The van der Waals surface area contributed by atoms with Crippen molar-refractivity contribution < 1.29 is 13.2 Å². The van der Waals surface area contributed by atoms with Gasteiger partial charge in [-0.3, -0.25) is 4.79 Å². The third kappa shape index (κ3) is 5.88. The van der Waals surface area contributed by atoms with Crippen molar-refractivity contribution in [2.24, 2.45) is 0 Å². The SMILES string of the molecule is O=C(CCNS(=O)(=O)/C=C/c1ccccc1)N1CCN(c2nccs2)CC1. The third-order valence-corrected chi connectivity index (χ3v) is 6.14. The van der Waals surface area contributed by atoms with Gasteiger partial charge in [0.05, 0.1) is 0 Å². The van der Waals surface area contributed by atoms with Crippen molar-refractivity contribution in [3.8, 4) is 0 Å². The first-order valence-electron chi connectivity index (χ1n) is 8.68. The van der Waals surface area contributed by atoms with Crippen LogP contribution in [0.5, 0.6) is 0 Å². The number of carbonyl (C=O) groups is 1. The quantitative estimate of drug-likeness (QED) is 0.758. The van der Waals surface area contributed by atoms with E-state index in [4.69, 9.17) is 0 Å². The number of sulfonamides is 1. The van der Waals surface area contributed by atoms with Crippen molar-refractivity contribution >= 4 is 38.5 Å². The maximum atomic E-state index is 12.3. The van der Waals surface area contributed by atoms with Gasteiger partial charge in [0.25, 0.3) is 0 Å². The van der Waals surface area contributed by atoms with Crippen molar-refractivity contribution in [1.29, 1.82) is 0 Å². The monoisotopic (exact) mass is 406 g/mol. The molecule has 2 heterocycles. The first-order chi connectivity index (χ1) is 13.0. The van der Waals surface area contributed by atoms with E-state index < -0.39 is 10.0 Å². The Kier molecular flexibility index (Phi) is 6.59. The molecular weight excluding hydrogens is 384 g/mol. The Morgan fingerprint density at radius 1 is 1.19 bits per heavy atom. The van der Waals surface area contributed by atoms with E-state index in [1.54, 1.807) is 22.4 Å². The zero-order chi connectivity index (χ0) is 19.1. The van der Waals surface area contributed by atoms with Gasteiger partial charge in [-0.2, -0.15) is 0 Å². The molecule has 1 N–H and O–H groups in total. The second kappa shape index (κ2) is 9.12. The largest absolute Gasteiger partial charge is 0.345 e. The molecule has 0 radical (unpaired) electrons. The van der Waals surface area contributed by atoms with Crippen LogP contribution in [0.3, 0.4) is 0 Å². The normalized spacial score (nSPS) is 15.4. The predicted molar refractivity (Wildman–Crippen MR) is 108 cm³/mol. The van der Waals surface area contributed by atoms with Gasteiger partial charge in [0, 0.05) is 56.1 Å². The average Bonchev–Trinajstić information content (AvgIpc) is 3.22. The fraction of sp³-hybridized carbons (Fsp3) is 0.333. The van der Waals surface area contributed by atoms with Crippen LogP contribution in [0.1, 0.15) is 12.0 Å². The molecule has 27 heavy (non-hydrogen) atoms. The summed E-state index contributed by atoms with van der Waals surface area (Å²) in [5.74, 6) is -0.0384. The fourth-order valence-corrected chi connectivity index (χ4v) is 4.27. The second-order valence-electron chi connectivity index (χ2n) is 6.09. The average molecular weight is 407 g/mol. The summed E-state index contributed by atoms with van der Waals surface area (Å²) in [5.41, 5.74) is 0.803. The molecule has 7 nitrogen and oxygen atoms in total. The first-order valence-corrected chi connectivity index (χ1v) is 11.1. The number of hydrogen-bond donors (Lipinski definition) is 1. The highest BCUT2D eigenvalue weighted by Gasteiger charge is 2.22. The van der Waals surface area contributed by atoms with Crippen LogP contribution in [0.25, 0.3) is 6.08 Å². The van der Waals surface area contributed by atoms with Gasteiger partial charge in [0.1, 0.15) is 0 Å². The van der Waals surface area contributed by atoms with Crippen molar-refractivity contribution in [1.82, 2.24) is 14.6 Å². The number of carbonyl (C=O) groups excluding carboxylic acids is 1. The number of aromatic nitrogens is 1. The molecule has 1 aromatic heterocycles. The number of piperazine rings is 1. The summed E-state index contributed by atoms with van der Waals surface area (Å²) < 4.78 is 26.5. The summed E-state index contributed by atoms with van der Waals surface area (Å²) in [6.45, 7) is 2.82. The Balaban J connectivity index is 1.41. The molecular formula is C18H22N4O3S2. The van der Waals surface area contributed by atoms with Gasteiger partial charge in [-0.05, 0) is 11.6 Å². The molecule has 1 saturated heterocycles. The molecule has 3 rings (SSSR count). The molecule has 1 amide bonds. The zero-order valence-corrected chi connectivity index (χ0v) is 16.5. The minimum atomic E-state index is -3.56. The summed E-state index contributed by atoms with van der Waals surface area (Å²) >= 11 is 1.59. The molecule has 9 heteroatoms. The maximum absolute atomic E-state index is 12.3. The number of nitrogens with zero attached hydrogens (tertiary/aromatic N) is 3. The van der Waals surface area contributed by atoms with Gasteiger partial charge < -0.3 is 9.80 Å². The lowest BCUT2D eigenvalue weighted by molar-refractivity contribution is -0.131. The summed E-state index contributed by atoms with van der Waals surface area (Å²) in [7, 11) is -3.56. The van der Waals surface area contributed by atoms with Gasteiger partial charge in [-0.1, -0.05) is 30.3 Å². The highest BCUT2D eigenvalue weighted by Crippen LogP contribution is 2.19. The second-order valence-corrected chi connectivity index (χ2v) is 8.61. The summed E-state index contributed by atoms with van der Waals surface area (Å²) in [5, 5.41) is 4.03. The van der Waals surface area contributed by atoms with Crippen molar-refractivity contribution in [3.05, 3.63) is 52.9 Å². The number of rotatable bonds is 7. The zero-order valence-electron chi connectivity index (χ0n) is 14.8. The molecule has 144 valence electrons. The molecule has 1 aliphatic heterocycles. The minimum Gasteiger partial charge on any atom is -0.345 e. The maximum Gasteiger partial charge on any atom is 0.233 e. The van der Waals surface area contributed by atoms with E-state index >= 15 is 0 Å². The number of thiazole rings is 1. The Bertz CT molecular complexity index is 859. The molecule has 0 bridgehead atoms. The van der Waals surface area contributed by atoms with Gasteiger partial charge in [0.15, 0.2) is 5.13 Å². The number of anilines is 1. The number of nitrogens with one attached hydrogen (secondary N) is 1. The van der Waals surface area contributed by atoms with Crippen LogP contribution in [0.15, 0.2) is 47.3 Å². The lowest BCUT2D eigenvalue weighted by Gasteiger charge is -2.34. The van der Waals surface area contributed by atoms with Crippen molar-refractivity contribution in [2.75, 3.05) is 37.6 Å². The van der Waals surface area contributed by atoms with Gasteiger partial charge in [-0.25, -0.2) is 18.1 Å². The van der Waals surface area contributed by atoms with Crippen LogP contribution in [0.2, 0.25) is 0 Å². The fourth-order valence-electron chi connectivity index (χ4n) is 2.76. The van der Waals surface area contributed by atoms with E-state index in [-0.39, 0.29) is 18.9 Å². The molecule has 1 aromatic carbocycles. The number of amides is 1. The third-order valence-electron chi connectivity index (χ3n) is 4.20. The van der Waals surface area contributed by atoms with Crippen LogP contribution in [0, 0.1) is 0 Å². The number of hydrogen-bond acceptors (Lipinski definition) is 6. The van der Waals surface area contributed by atoms with E-state index in [1.165, 1.54) is 6.08 Å². The molecule has 2 aromatic rings. The molecule has 0 atom stereocenters. The van der Waals surface area contributed by atoms with E-state index in [0.29, 0.717) is 13.1 Å². The predicted octanol–water partition coefficient (Wildman–Crippen LogP) is 1.77. The van der Waals surface area contributed by atoms with E-state index in [2.05, 4.69) is 14.6 Å². The molecule has 0 unspecified atom stereocenters. The highest BCUT2D eigenvalue weighted by atomic mass is 32.2. The Morgan fingerprint density at radius 2 is 1.93 bits per heavy atom. The smallest absolute Gasteiger partial charge is 0.233 e. The highest BCUT2D eigenvalue weighted by molar-refractivity contribution is 7.92. The van der Waals surface area contributed by atoms with E-state index in [0.717, 1.165) is 29.2 Å². The Hall–Kier alpha value is -2.23. The summed E-state index contributed by atoms with van der Waals surface area (Å²) in [6.07, 6.45) is 3.45. The van der Waals surface area contributed by atoms with E-state index in [9.17, 15) is 13.2 Å². The topological polar surface area (TPSA) is 82.6 Å². The van der Waals surface area contributed by atoms with Crippen molar-refractivity contribution in [2.45, 2.75) is 6.42 Å². The lowest BCUT2D eigenvalue weighted by Crippen LogP contribution is -2.49. The molecule has 0 aliphatic carbocycles. The van der Waals surface area contributed by atoms with E-state index in [1.807, 2.05) is 35.7 Å². The minimum absolute atomic E-state index is 0.0384. The van der Waals surface area contributed by atoms with Crippen molar-refractivity contribution in [3.63, 3.8) is 0 Å². The van der Waals surface area contributed by atoms with Gasteiger partial charge >= 0.3 is 0 Å². The van der Waals surface area contributed by atoms with Crippen LogP contribution in [-0.4, -0.2) is 56.9 Å². The molecule has 0 spiro atoms. The Morgan fingerprint density at radius 3 is 2.59 bits per heavy atom. The molecule has 1 aliphatic rings. The van der Waals surface area contributed by atoms with Crippen LogP contribution < -0.4 is 9.62 Å². The van der Waals surface area contributed by atoms with Crippen LogP contribution >= 0.6 is 11.3 Å². The summed E-state index contributed by atoms with van der Waals surface area (Å²) in [6, 6.07) is 9.19.